The Kier molecular flexibility index (Phi) is 6.04. The Morgan fingerprint density at radius 2 is 2.20 bits per heavy atom. The predicted molar refractivity (Wildman–Crippen MR) is 126 cm³/mol. The van der Waals surface area contributed by atoms with Crippen LogP contribution >= 0.6 is 34.7 Å². The first-order chi connectivity index (χ1) is 14.3. The monoisotopic (exact) mass is 459 g/mol. The standard InChI is InChI=1S/C22H22ClN3O2S2/c1-12(2)10-26-21(28)19-15-5-4-6-17(15)30-20(19)25-22(26)29-11-18(27)24-16-8-7-14(23)9-13(16)3/h7-9H,1,4-6,10-11H2,2-3H3,(H,24,27). The number of carbonyl (C=O) groups is 1. The number of amides is 1. The summed E-state index contributed by atoms with van der Waals surface area (Å²) in [4.78, 5) is 32.6. The van der Waals surface area contributed by atoms with E-state index in [1.807, 2.05) is 13.8 Å². The third-order valence-electron chi connectivity index (χ3n) is 5.01. The maximum absolute atomic E-state index is 13.3. The van der Waals surface area contributed by atoms with E-state index in [0.29, 0.717) is 16.7 Å². The molecule has 0 spiro atoms. The van der Waals surface area contributed by atoms with Gasteiger partial charge in [-0.3, -0.25) is 14.2 Å². The van der Waals surface area contributed by atoms with E-state index in [1.165, 1.54) is 16.6 Å². The van der Waals surface area contributed by atoms with E-state index in [9.17, 15) is 9.59 Å². The Morgan fingerprint density at radius 3 is 2.93 bits per heavy atom. The summed E-state index contributed by atoms with van der Waals surface area (Å²) < 4.78 is 1.65. The van der Waals surface area contributed by atoms with E-state index < -0.39 is 0 Å². The molecule has 0 atom stereocenters. The van der Waals surface area contributed by atoms with Gasteiger partial charge in [-0.15, -0.1) is 11.3 Å². The average Bonchev–Trinajstić information content (AvgIpc) is 3.25. The molecule has 0 saturated carbocycles. The molecule has 0 aliphatic heterocycles. The van der Waals surface area contributed by atoms with Crippen LogP contribution in [-0.2, 0) is 24.2 Å². The van der Waals surface area contributed by atoms with Gasteiger partial charge in [0.25, 0.3) is 5.56 Å². The highest BCUT2D eigenvalue weighted by Crippen LogP contribution is 2.35. The Hall–Kier alpha value is -2.09. The molecule has 0 bridgehead atoms. The molecule has 8 heteroatoms. The predicted octanol–water partition coefficient (Wildman–Crippen LogP) is 5.22. The number of aromatic nitrogens is 2. The first-order valence-corrected chi connectivity index (χ1v) is 11.9. The van der Waals surface area contributed by atoms with Crippen molar-refractivity contribution < 1.29 is 4.79 Å². The molecule has 156 valence electrons. The number of thioether (sulfide) groups is 1. The summed E-state index contributed by atoms with van der Waals surface area (Å²) in [5.74, 6) is -0.00305. The minimum Gasteiger partial charge on any atom is -0.325 e. The minimum absolute atomic E-state index is 0.0288. The lowest BCUT2D eigenvalue weighted by Gasteiger charge is -2.13. The van der Waals surface area contributed by atoms with Crippen molar-refractivity contribution in [1.29, 1.82) is 0 Å². The second kappa shape index (κ2) is 8.57. The number of anilines is 1. The van der Waals surface area contributed by atoms with Gasteiger partial charge in [-0.2, -0.15) is 0 Å². The lowest BCUT2D eigenvalue weighted by molar-refractivity contribution is -0.113. The molecule has 30 heavy (non-hydrogen) atoms. The summed E-state index contributed by atoms with van der Waals surface area (Å²) in [6, 6.07) is 5.34. The number of aryl methyl sites for hydroxylation is 3. The summed E-state index contributed by atoms with van der Waals surface area (Å²) in [5, 5.41) is 4.83. The van der Waals surface area contributed by atoms with Crippen molar-refractivity contribution >= 4 is 56.5 Å². The van der Waals surface area contributed by atoms with Gasteiger partial charge in [-0.05, 0) is 62.4 Å². The fourth-order valence-electron chi connectivity index (χ4n) is 3.66. The third-order valence-corrected chi connectivity index (χ3v) is 7.41. The van der Waals surface area contributed by atoms with Gasteiger partial charge >= 0.3 is 0 Å². The van der Waals surface area contributed by atoms with Crippen LogP contribution in [0.5, 0.6) is 0 Å². The summed E-state index contributed by atoms with van der Waals surface area (Å²) in [7, 11) is 0. The highest BCUT2D eigenvalue weighted by atomic mass is 35.5. The normalized spacial score (nSPS) is 12.9. The van der Waals surface area contributed by atoms with Gasteiger partial charge in [-0.25, -0.2) is 4.98 Å². The van der Waals surface area contributed by atoms with Gasteiger partial charge in [0.05, 0.1) is 11.1 Å². The minimum atomic E-state index is -0.157. The van der Waals surface area contributed by atoms with E-state index in [1.54, 1.807) is 34.1 Å². The molecular formula is C22H22ClN3O2S2. The van der Waals surface area contributed by atoms with Crippen LogP contribution in [0.4, 0.5) is 5.69 Å². The van der Waals surface area contributed by atoms with Crippen molar-refractivity contribution in [2.75, 3.05) is 11.1 Å². The number of halogens is 1. The second-order valence-corrected chi connectivity index (χ2v) is 10.0. The summed E-state index contributed by atoms with van der Waals surface area (Å²) >= 11 is 8.86. The van der Waals surface area contributed by atoms with Crippen LogP contribution in [0, 0.1) is 6.92 Å². The molecular weight excluding hydrogens is 438 g/mol. The van der Waals surface area contributed by atoms with Crippen LogP contribution in [0.15, 0.2) is 40.3 Å². The second-order valence-electron chi connectivity index (χ2n) is 7.58. The fourth-order valence-corrected chi connectivity index (χ4v) is 5.99. The summed E-state index contributed by atoms with van der Waals surface area (Å²) in [5.41, 5.74) is 3.62. The van der Waals surface area contributed by atoms with E-state index in [4.69, 9.17) is 16.6 Å². The summed E-state index contributed by atoms with van der Waals surface area (Å²) in [6.45, 7) is 8.13. The average molecular weight is 460 g/mol. The van der Waals surface area contributed by atoms with Crippen molar-refractivity contribution in [2.45, 2.75) is 44.8 Å². The molecule has 1 aliphatic rings. The molecule has 2 aromatic heterocycles. The number of hydrogen-bond donors (Lipinski definition) is 1. The molecule has 1 aromatic carbocycles. The van der Waals surface area contributed by atoms with Crippen LogP contribution in [0.3, 0.4) is 0 Å². The van der Waals surface area contributed by atoms with Gasteiger partial charge < -0.3 is 5.32 Å². The molecule has 1 amide bonds. The van der Waals surface area contributed by atoms with Crippen LogP contribution in [0.2, 0.25) is 5.02 Å². The van der Waals surface area contributed by atoms with Gasteiger partial charge in [0.2, 0.25) is 5.91 Å². The molecule has 1 aliphatic carbocycles. The molecule has 2 heterocycles. The fraction of sp³-hybridized carbons (Fsp3) is 0.318. The zero-order valence-corrected chi connectivity index (χ0v) is 19.3. The summed E-state index contributed by atoms with van der Waals surface area (Å²) in [6.07, 6.45) is 3.05. The Bertz CT molecular complexity index is 1230. The molecule has 0 fully saturated rings. The molecule has 3 aromatic rings. The molecule has 1 N–H and O–H groups in total. The van der Waals surface area contributed by atoms with Crippen LogP contribution in [-0.4, -0.2) is 21.2 Å². The van der Waals surface area contributed by atoms with Gasteiger partial charge in [0.1, 0.15) is 4.83 Å². The first-order valence-electron chi connectivity index (χ1n) is 9.71. The smallest absolute Gasteiger partial charge is 0.263 e. The quantitative estimate of drug-likeness (QED) is 0.312. The highest BCUT2D eigenvalue weighted by Gasteiger charge is 2.23. The number of hydrogen-bond acceptors (Lipinski definition) is 5. The largest absolute Gasteiger partial charge is 0.325 e. The Balaban J connectivity index is 1.60. The number of allylic oxidation sites excluding steroid dienone is 1. The van der Waals surface area contributed by atoms with Crippen molar-refractivity contribution in [1.82, 2.24) is 9.55 Å². The third kappa shape index (κ3) is 4.19. The number of rotatable bonds is 6. The van der Waals surface area contributed by atoms with E-state index in [0.717, 1.165) is 51.9 Å². The topological polar surface area (TPSA) is 64.0 Å². The Morgan fingerprint density at radius 1 is 1.40 bits per heavy atom. The molecule has 4 rings (SSSR count). The van der Waals surface area contributed by atoms with E-state index in [-0.39, 0.29) is 17.2 Å². The zero-order valence-electron chi connectivity index (χ0n) is 16.9. The lowest BCUT2D eigenvalue weighted by atomic mass is 10.2. The van der Waals surface area contributed by atoms with Crippen molar-refractivity contribution in [3.63, 3.8) is 0 Å². The maximum Gasteiger partial charge on any atom is 0.263 e. The number of nitrogens with zero attached hydrogens (tertiary/aromatic N) is 2. The number of nitrogens with one attached hydrogen (secondary N) is 1. The van der Waals surface area contributed by atoms with E-state index in [2.05, 4.69) is 11.9 Å². The van der Waals surface area contributed by atoms with Gasteiger partial charge in [-0.1, -0.05) is 35.5 Å². The van der Waals surface area contributed by atoms with Crippen LogP contribution < -0.4 is 10.9 Å². The van der Waals surface area contributed by atoms with Crippen LogP contribution in [0.25, 0.3) is 10.2 Å². The molecule has 0 radical (unpaired) electrons. The lowest BCUT2D eigenvalue weighted by Crippen LogP contribution is -2.24. The molecule has 0 saturated heterocycles. The van der Waals surface area contributed by atoms with Crippen molar-refractivity contribution in [3.05, 3.63) is 61.7 Å². The number of benzene rings is 1. The number of thiophene rings is 1. The SMILES string of the molecule is C=C(C)Cn1c(SCC(=O)Nc2ccc(Cl)cc2C)nc2sc3c(c2c1=O)CCC3. The van der Waals surface area contributed by atoms with E-state index >= 15 is 0 Å². The van der Waals surface area contributed by atoms with Crippen molar-refractivity contribution in [3.8, 4) is 0 Å². The molecule has 0 unspecified atom stereocenters. The van der Waals surface area contributed by atoms with Crippen LogP contribution in [0.1, 0.15) is 29.3 Å². The molecule has 5 nitrogen and oxygen atoms in total. The van der Waals surface area contributed by atoms with Gasteiger partial charge in [0.15, 0.2) is 5.16 Å². The maximum atomic E-state index is 13.3. The van der Waals surface area contributed by atoms with Crippen molar-refractivity contribution in [2.24, 2.45) is 0 Å². The zero-order chi connectivity index (χ0) is 21.4. The highest BCUT2D eigenvalue weighted by molar-refractivity contribution is 7.99. The Labute approximate surface area is 188 Å². The van der Waals surface area contributed by atoms with Gasteiger partial charge in [0, 0.05) is 22.1 Å². The number of fused-ring (bicyclic) bond motifs is 3. The number of carbonyl (C=O) groups excluding carboxylic acids is 1. The first kappa shape index (κ1) is 21.2.